The van der Waals surface area contributed by atoms with E-state index in [1.54, 1.807) is 42.5 Å². The SMILES string of the molecule is CCCCOc1ccc(C2/C(=C(\O)c3cc(OCC)ccc3Cl)C(=O)C(=O)N2CCOC)cc1. The number of carbonyl (C=O) groups excluding carboxylic acids is 2. The van der Waals surface area contributed by atoms with Crippen molar-refractivity contribution in [1.82, 2.24) is 4.90 Å². The summed E-state index contributed by atoms with van der Waals surface area (Å²) in [5, 5.41) is 11.5. The van der Waals surface area contributed by atoms with E-state index in [1.165, 1.54) is 12.0 Å². The van der Waals surface area contributed by atoms with E-state index in [-0.39, 0.29) is 35.1 Å². The van der Waals surface area contributed by atoms with E-state index >= 15 is 0 Å². The minimum absolute atomic E-state index is 0.0312. The van der Waals surface area contributed by atoms with Crippen molar-refractivity contribution in [1.29, 1.82) is 0 Å². The number of ketones is 1. The molecule has 1 aliphatic rings. The van der Waals surface area contributed by atoms with Crippen molar-refractivity contribution in [3.8, 4) is 11.5 Å². The zero-order chi connectivity index (χ0) is 24.7. The second-order valence-electron chi connectivity index (χ2n) is 7.83. The van der Waals surface area contributed by atoms with Crippen LogP contribution in [-0.2, 0) is 14.3 Å². The van der Waals surface area contributed by atoms with Gasteiger partial charge in [-0.15, -0.1) is 0 Å². The van der Waals surface area contributed by atoms with Gasteiger partial charge in [0.05, 0.1) is 36.5 Å². The second kappa shape index (κ2) is 11.9. The van der Waals surface area contributed by atoms with Crippen LogP contribution in [0.5, 0.6) is 11.5 Å². The van der Waals surface area contributed by atoms with Gasteiger partial charge in [0.2, 0.25) is 0 Å². The van der Waals surface area contributed by atoms with E-state index in [4.69, 9.17) is 25.8 Å². The number of ether oxygens (including phenoxy) is 3. The van der Waals surface area contributed by atoms with Gasteiger partial charge in [-0.3, -0.25) is 9.59 Å². The van der Waals surface area contributed by atoms with E-state index < -0.39 is 17.7 Å². The monoisotopic (exact) mass is 487 g/mol. The Morgan fingerprint density at radius 2 is 1.74 bits per heavy atom. The number of methoxy groups -OCH3 is 1. The van der Waals surface area contributed by atoms with Crippen LogP contribution in [0.2, 0.25) is 5.02 Å². The molecule has 8 heteroatoms. The molecule has 1 atom stereocenters. The summed E-state index contributed by atoms with van der Waals surface area (Å²) < 4.78 is 16.4. The third kappa shape index (κ3) is 5.54. The van der Waals surface area contributed by atoms with Crippen LogP contribution in [0.1, 0.15) is 43.9 Å². The van der Waals surface area contributed by atoms with Gasteiger partial charge in [-0.05, 0) is 49.2 Å². The zero-order valence-corrected chi connectivity index (χ0v) is 20.4. The number of carbonyl (C=O) groups is 2. The molecule has 0 saturated carbocycles. The van der Waals surface area contributed by atoms with Crippen LogP contribution in [0, 0.1) is 0 Å². The van der Waals surface area contributed by atoms with Gasteiger partial charge in [0, 0.05) is 19.2 Å². The molecular formula is C26H30ClNO6. The maximum Gasteiger partial charge on any atom is 0.295 e. The van der Waals surface area contributed by atoms with Gasteiger partial charge in [0.15, 0.2) is 0 Å². The molecule has 182 valence electrons. The summed E-state index contributed by atoms with van der Waals surface area (Å²) in [7, 11) is 1.52. The molecule has 1 heterocycles. The number of Topliss-reactive ketones (excluding diaryl/α,β-unsaturated/α-hetero) is 1. The second-order valence-corrected chi connectivity index (χ2v) is 8.24. The first-order valence-electron chi connectivity index (χ1n) is 11.4. The van der Waals surface area contributed by atoms with Gasteiger partial charge in [0.1, 0.15) is 17.3 Å². The third-order valence-corrected chi connectivity index (χ3v) is 5.87. The van der Waals surface area contributed by atoms with Gasteiger partial charge in [0.25, 0.3) is 11.7 Å². The molecular weight excluding hydrogens is 458 g/mol. The molecule has 1 N–H and O–H groups in total. The van der Waals surface area contributed by atoms with Crippen LogP contribution in [0.25, 0.3) is 5.76 Å². The van der Waals surface area contributed by atoms with Crippen LogP contribution in [0.3, 0.4) is 0 Å². The Kier molecular flexibility index (Phi) is 8.96. The minimum Gasteiger partial charge on any atom is -0.507 e. The lowest BCUT2D eigenvalue weighted by Gasteiger charge is -2.25. The molecule has 2 aromatic rings. The molecule has 1 aliphatic heterocycles. The topological polar surface area (TPSA) is 85.3 Å². The summed E-state index contributed by atoms with van der Waals surface area (Å²) in [5.41, 5.74) is 0.856. The summed E-state index contributed by atoms with van der Waals surface area (Å²) in [4.78, 5) is 27.4. The summed E-state index contributed by atoms with van der Waals surface area (Å²) in [5.74, 6) is -0.646. The van der Waals surface area contributed by atoms with Crippen LogP contribution in [-0.4, -0.2) is 55.2 Å². The predicted molar refractivity (Wildman–Crippen MR) is 130 cm³/mol. The highest BCUT2D eigenvalue weighted by Gasteiger charge is 2.46. The fourth-order valence-corrected chi connectivity index (χ4v) is 4.02. The Hall–Kier alpha value is -3.03. The third-order valence-electron chi connectivity index (χ3n) is 5.54. The van der Waals surface area contributed by atoms with Gasteiger partial charge in [-0.2, -0.15) is 0 Å². The average molecular weight is 488 g/mol. The molecule has 3 rings (SSSR count). The highest BCUT2D eigenvalue weighted by atomic mass is 35.5. The molecule has 1 amide bonds. The molecule has 7 nitrogen and oxygen atoms in total. The molecule has 0 aromatic heterocycles. The molecule has 0 radical (unpaired) electrons. The van der Waals surface area contributed by atoms with E-state index in [2.05, 4.69) is 6.92 Å². The summed E-state index contributed by atoms with van der Waals surface area (Å²) >= 11 is 6.35. The maximum atomic E-state index is 13.1. The predicted octanol–water partition coefficient (Wildman–Crippen LogP) is 4.99. The van der Waals surface area contributed by atoms with Crippen LogP contribution < -0.4 is 9.47 Å². The number of aliphatic hydroxyl groups is 1. The van der Waals surface area contributed by atoms with Crippen LogP contribution in [0.15, 0.2) is 48.0 Å². The number of likely N-dealkylation sites (tertiary alicyclic amines) is 1. The Balaban J connectivity index is 2.07. The number of unbranched alkanes of at least 4 members (excludes halogenated alkanes) is 1. The van der Waals surface area contributed by atoms with Gasteiger partial charge in [-0.25, -0.2) is 0 Å². The van der Waals surface area contributed by atoms with Crippen LogP contribution >= 0.6 is 11.6 Å². The van der Waals surface area contributed by atoms with E-state index in [0.29, 0.717) is 30.3 Å². The normalized spacial score (nSPS) is 17.3. The summed E-state index contributed by atoms with van der Waals surface area (Å²) in [6, 6.07) is 11.2. The first-order chi connectivity index (χ1) is 16.4. The molecule has 1 saturated heterocycles. The van der Waals surface area contributed by atoms with Gasteiger partial charge >= 0.3 is 0 Å². The minimum atomic E-state index is -0.799. The standard InChI is InChI=1S/C26H30ClNO6/c1-4-6-14-34-18-9-7-17(8-10-18)23-22(25(30)26(31)28(23)13-15-32-3)24(29)20-16-19(33-5-2)11-12-21(20)27/h7-12,16,23,29H,4-6,13-15H2,1-3H3/b24-22+. The molecule has 34 heavy (non-hydrogen) atoms. The van der Waals surface area contributed by atoms with Crippen LogP contribution in [0.4, 0.5) is 0 Å². The lowest BCUT2D eigenvalue weighted by molar-refractivity contribution is -0.140. The molecule has 0 aliphatic carbocycles. The van der Waals surface area contributed by atoms with Crippen molar-refractivity contribution in [2.45, 2.75) is 32.7 Å². The quantitative estimate of drug-likeness (QED) is 0.208. The number of hydrogen-bond acceptors (Lipinski definition) is 6. The van der Waals surface area contributed by atoms with E-state index in [0.717, 1.165) is 12.8 Å². The highest BCUT2D eigenvalue weighted by molar-refractivity contribution is 6.47. The van der Waals surface area contributed by atoms with Gasteiger partial charge in [-0.1, -0.05) is 37.1 Å². The molecule has 1 unspecified atom stereocenters. The fourth-order valence-electron chi connectivity index (χ4n) is 3.81. The Morgan fingerprint density at radius 3 is 2.38 bits per heavy atom. The Bertz CT molecular complexity index is 1050. The number of rotatable bonds is 11. The maximum absolute atomic E-state index is 13.1. The lowest BCUT2D eigenvalue weighted by atomic mass is 9.95. The smallest absolute Gasteiger partial charge is 0.295 e. The number of halogens is 1. The lowest BCUT2D eigenvalue weighted by Crippen LogP contribution is -2.32. The first-order valence-corrected chi connectivity index (χ1v) is 11.7. The molecule has 0 spiro atoms. The van der Waals surface area contributed by atoms with Crippen molar-refractivity contribution in [2.75, 3.05) is 33.5 Å². The van der Waals surface area contributed by atoms with Crippen molar-refractivity contribution < 1.29 is 28.9 Å². The van der Waals surface area contributed by atoms with E-state index in [9.17, 15) is 14.7 Å². The van der Waals surface area contributed by atoms with Crippen molar-refractivity contribution in [2.24, 2.45) is 0 Å². The number of aliphatic hydroxyl groups excluding tert-OH is 1. The van der Waals surface area contributed by atoms with E-state index in [1.807, 2.05) is 6.92 Å². The number of benzene rings is 2. The van der Waals surface area contributed by atoms with Crippen molar-refractivity contribution >= 4 is 29.1 Å². The summed E-state index contributed by atoms with van der Waals surface area (Å²) in [6.45, 7) is 5.38. The first kappa shape index (κ1) is 25.6. The number of nitrogens with zero attached hydrogens (tertiary/aromatic N) is 1. The van der Waals surface area contributed by atoms with Crippen molar-refractivity contribution in [3.63, 3.8) is 0 Å². The fraction of sp³-hybridized carbons (Fsp3) is 0.385. The largest absolute Gasteiger partial charge is 0.507 e. The molecule has 1 fully saturated rings. The van der Waals surface area contributed by atoms with Crippen molar-refractivity contribution in [3.05, 3.63) is 64.2 Å². The Labute approximate surface area is 204 Å². The van der Waals surface area contributed by atoms with Gasteiger partial charge < -0.3 is 24.2 Å². The summed E-state index contributed by atoms with van der Waals surface area (Å²) in [6.07, 6.45) is 1.97. The number of amides is 1. The highest BCUT2D eigenvalue weighted by Crippen LogP contribution is 2.41. The molecule has 2 aromatic carbocycles. The average Bonchev–Trinajstić information content (AvgIpc) is 3.09. The Morgan fingerprint density at radius 1 is 1.03 bits per heavy atom. The molecule has 0 bridgehead atoms. The zero-order valence-electron chi connectivity index (χ0n) is 19.7. The number of hydrogen-bond donors (Lipinski definition) is 1.